The second-order valence-corrected chi connectivity index (χ2v) is 6.74. The molecular formula is C20H25N5O2. The Labute approximate surface area is 159 Å². The van der Waals surface area contributed by atoms with Crippen molar-refractivity contribution in [2.45, 2.75) is 32.0 Å². The van der Waals surface area contributed by atoms with E-state index in [2.05, 4.69) is 27.3 Å². The Morgan fingerprint density at radius 1 is 1.26 bits per heavy atom. The average Bonchev–Trinajstić information content (AvgIpc) is 3.17. The average molecular weight is 367 g/mol. The summed E-state index contributed by atoms with van der Waals surface area (Å²) in [4.78, 5) is 31.9. The molecule has 0 unspecified atom stereocenters. The predicted octanol–water partition coefficient (Wildman–Crippen LogP) is 1.88. The molecule has 1 aromatic carbocycles. The molecule has 1 aromatic heterocycles. The molecule has 1 aliphatic heterocycles. The van der Waals surface area contributed by atoms with Crippen LogP contribution >= 0.6 is 0 Å². The van der Waals surface area contributed by atoms with E-state index in [1.54, 1.807) is 6.20 Å². The summed E-state index contributed by atoms with van der Waals surface area (Å²) < 4.78 is 0. The number of aromatic nitrogens is 1. The minimum Gasteiger partial charge on any atom is -0.355 e. The molecule has 0 saturated carbocycles. The Hall–Kier alpha value is -3.09. The van der Waals surface area contributed by atoms with E-state index in [0.717, 1.165) is 24.3 Å². The zero-order valence-electron chi connectivity index (χ0n) is 15.5. The molecule has 0 aliphatic carbocycles. The molecular weight excluding hydrogens is 342 g/mol. The van der Waals surface area contributed by atoms with E-state index in [4.69, 9.17) is 5.73 Å². The van der Waals surface area contributed by atoms with Gasteiger partial charge in [0, 0.05) is 38.4 Å². The summed E-state index contributed by atoms with van der Waals surface area (Å²) in [6, 6.07) is 12.9. The number of hydrogen-bond acceptors (Lipinski definition) is 4. The molecule has 2 heterocycles. The highest BCUT2D eigenvalue weighted by molar-refractivity contribution is 5.87. The van der Waals surface area contributed by atoms with Crippen LogP contribution in [0.15, 0.2) is 48.7 Å². The minimum atomic E-state index is -0.544. The van der Waals surface area contributed by atoms with Crippen LogP contribution in [0.3, 0.4) is 0 Å². The lowest BCUT2D eigenvalue weighted by molar-refractivity contribution is -0.124. The smallest absolute Gasteiger partial charge is 0.315 e. The molecule has 3 N–H and O–H groups in total. The number of carbonyl (C=O) groups excluding carboxylic acids is 2. The molecule has 3 rings (SSSR count). The zero-order chi connectivity index (χ0) is 19.2. The largest absolute Gasteiger partial charge is 0.355 e. The fourth-order valence-corrected chi connectivity index (χ4v) is 3.45. The van der Waals surface area contributed by atoms with Gasteiger partial charge in [-0.25, -0.2) is 9.78 Å². The van der Waals surface area contributed by atoms with E-state index in [1.807, 2.05) is 37.4 Å². The van der Waals surface area contributed by atoms with Gasteiger partial charge in [0.1, 0.15) is 11.9 Å². The Bertz CT molecular complexity index is 796. The van der Waals surface area contributed by atoms with Crippen molar-refractivity contribution in [2.24, 2.45) is 5.73 Å². The van der Waals surface area contributed by atoms with Crippen LogP contribution in [0.2, 0.25) is 0 Å². The van der Waals surface area contributed by atoms with E-state index in [0.29, 0.717) is 19.5 Å². The van der Waals surface area contributed by atoms with E-state index in [9.17, 15) is 9.59 Å². The van der Waals surface area contributed by atoms with Gasteiger partial charge in [-0.15, -0.1) is 0 Å². The molecule has 1 aliphatic rings. The number of likely N-dealkylation sites (tertiary alicyclic amines) is 1. The predicted molar refractivity (Wildman–Crippen MR) is 104 cm³/mol. The Kier molecular flexibility index (Phi) is 5.90. The number of amides is 3. The van der Waals surface area contributed by atoms with E-state index in [1.165, 1.54) is 10.5 Å². The van der Waals surface area contributed by atoms with Crippen molar-refractivity contribution in [3.63, 3.8) is 0 Å². The monoisotopic (exact) mass is 367 g/mol. The molecule has 0 spiro atoms. The third kappa shape index (κ3) is 4.55. The summed E-state index contributed by atoms with van der Waals surface area (Å²) in [7, 11) is 1.98. The molecule has 7 heteroatoms. The van der Waals surface area contributed by atoms with Crippen molar-refractivity contribution < 1.29 is 9.59 Å². The summed E-state index contributed by atoms with van der Waals surface area (Å²) >= 11 is 0. The molecule has 1 atom stereocenters. The van der Waals surface area contributed by atoms with Crippen molar-refractivity contribution in [3.8, 4) is 0 Å². The molecule has 142 valence electrons. The topological polar surface area (TPSA) is 91.6 Å². The highest BCUT2D eigenvalue weighted by Crippen LogP contribution is 2.20. The standard InChI is InChI=1S/C20H25N5O2/c1-24(14-15-7-3-2-4-8-15)18-16(9-5-11-22-18)13-23-19(26)17-10-6-12-25(17)20(21)27/h2-5,7-9,11,17H,6,10,12-14H2,1H3,(H2,21,27)(H,23,26)/t17-/m0/s1. The number of pyridine rings is 1. The number of benzene rings is 1. The van der Waals surface area contributed by atoms with Crippen molar-refractivity contribution in [1.82, 2.24) is 15.2 Å². The minimum absolute atomic E-state index is 0.174. The fraction of sp³-hybridized carbons (Fsp3) is 0.350. The number of hydrogen-bond donors (Lipinski definition) is 2. The summed E-state index contributed by atoms with van der Waals surface area (Å²) in [5.41, 5.74) is 7.47. The first kappa shape index (κ1) is 18.7. The van der Waals surface area contributed by atoms with Gasteiger partial charge in [0.05, 0.1) is 0 Å². The third-order valence-electron chi connectivity index (χ3n) is 4.78. The normalized spacial score (nSPS) is 16.2. The molecule has 1 saturated heterocycles. The lowest BCUT2D eigenvalue weighted by Crippen LogP contribution is -2.47. The summed E-state index contributed by atoms with van der Waals surface area (Å²) in [6.45, 7) is 1.60. The number of rotatable bonds is 6. The van der Waals surface area contributed by atoms with E-state index < -0.39 is 12.1 Å². The molecule has 3 amide bonds. The lowest BCUT2D eigenvalue weighted by atomic mass is 10.1. The fourth-order valence-electron chi connectivity index (χ4n) is 3.45. The SMILES string of the molecule is CN(Cc1ccccc1)c1ncccc1CNC(=O)[C@@H]1CCCN1C(N)=O. The van der Waals surface area contributed by atoms with Gasteiger partial charge < -0.3 is 20.9 Å². The highest BCUT2D eigenvalue weighted by Gasteiger charge is 2.32. The van der Waals surface area contributed by atoms with Crippen LogP contribution in [-0.4, -0.2) is 41.5 Å². The Balaban J connectivity index is 1.65. The van der Waals surface area contributed by atoms with Crippen LogP contribution in [0.4, 0.5) is 10.6 Å². The third-order valence-corrected chi connectivity index (χ3v) is 4.78. The molecule has 27 heavy (non-hydrogen) atoms. The Morgan fingerprint density at radius 2 is 2.04 bits per heavy atom. The first-order valence-corrected chi connectivity index (χ1v) is 9.09. The van der Waals surface area contributed by atoms with Crippen molar-refractivity contribution in [2.75, 3.05) is 18.5 Å². The quantitative estimate of drug-likeness (QED) is 0.815. The van der Waals surface area contributed by atoms with Gasteiger partial charge in [-0.1, -0.05) is 36.4 Å². The number of nitrogens with two attached hydrogens (primary N) is 1. The Morgan fingerprint density at radius 3 is 2.78 bits per heavy atom. The highest BCUT2D eigenvalue weighted by atomic mass is 16.2. The number of primary amides is 1. The molecule has 2 aromatic rings. The van der Waals surface area contributed by atoms with Crippen LogP contribution in [-0.2, 0) is 17.9 Å². The zero-order valence-corrected chi connectivity index (χ0v) is 15.5. The summed E-state index contributed by atoms with van der Waals surface area (Å²) in [6.07, 6.45) is 3.18. The van der Waals surface area contributed by atoms with E-state index >= 15 is 0 Å². The number of urea groups is 1. The maximum atomic E-state index is 12.5. The van der Waals surface area contributed by atoms with Gasteiger partial charge in [0.25, 0.3) is 0 Å². The molecule has 7 nitrogen and oxygen atoms in total. The van der Waals surface area contributed by atoms with Gasteiger partial charge in [0.15, 0.2) is 0 Å². The van der Waals surface area contributed by atoms with Gasteiger partial charge >= 0.3 is 6.03 Å². The van der Waals surface area contributed by atoms with Crippen LogP contribution in [0, 0.1) is 0 Å². The molecule has 0 radical (unpaired) electrons. The molecule has 1 fully saturated rings. The second kappa shape index (κ2) is 8.53. The maximum absolute atomic E-state index is 12.5. The first-order chi connectivity index (χ1) is 13.1. The summed E-state index contributed by atoms with van der Waals surface area (Å²) in [5.74, 6) is 0.645. The van der Waals surface area contributed by atoms with Crippen LogP contribution < -0.4 is 16.0 Å². The van der Waals surface area contributed by atoms with Crippen LogP contribution in [0.1, 0.15) is 24.0 Å². The van der Waals surface area contributed by atoms with Gasteiger partial charge in [0.2, 0.25) is 5.91 Å². The van der Waals surface area contributed by atoms with Crippen LogP contribution in [0.25, 0.3) is 0 Å². The lowest BCUT2D eigenvalue weighted by Gasteiger charge is -2.23. The molecule has 0 bridgehead atoms. The maximum Gasteiger partial charge on any atom is 0.315 e. The number of carbonyl (C=O) groups is 2. The number of anilines is 1. The van der Waals surface area contributed by atoms with E-state index in [-0.39, 0.29) is 5.91 Å². The van der Waals surface area contributed by atoms with Gasteiger partial charge in [-0.3, -0.25) is 4.79 Å². The first-order valence-electron chi connectivity index (χ1n) is 9.09. The van der Waals surface area contributed by atoms with Crippen LogP contribution in [0.5, 0.6) is 0 Å². The van der Waals surface area contributed by atoms with Crippen molar-refractivity contribution >= 4 is 17.8 Å². The summed E-state index contributed by atoms with van der Waals surface area (Å²) in [5, 5.41) is 2.93. The van der Waals surface area contributed by atoms with Gasteiger partial charge in [-0.2, -0.15) is 0 Å². The number of nitrogens with one attached hydrogen (secondary N) is 1. The van der Waals surface area contributed by atoms with Crippen molar-refractivity contribution in [3.05, 3.63) is 59.8 Å². The van der Waals surface area contributed by atoms with Gasteiger partial charge in [-0.05, 0) is 24.5 Å². The number of nitrogens with zero attached hydrogens (tertiary/aromatic N) is 3. The van der Waals surface area contributed by atoms with Crippen molar-refractivity contribution in [1.29, 1.82) is 0 Å². The second-order valence-electron chi connectivity index (χ2n) is 6.74.